The number of benzene rings is 4. The molecule has 0 radical (unpaired) electrons. The van der Waals surface area contributed by atoms with Crippen molar-refractivity contribution < 1.29 is 22.1 Å². The summed E-state index contributed by atoms with van der Waals surface area (Å²) in [6, 6.07) is 42.5. The maximum absolute atomic E-state index is 10.9. The van der Waals surface area contributed by atoms with Crippen molar-refractivity contribution >= 4 is 23.2 Å². The Morgan fingerprint density at radius 2 is 0.867 bits per heavy atom. The van der Waals surface area contributed by atoms with Crippen LogP contribution < -0.4 is 32.9 Å². The Hall–Kier alpha value is -2.25. The molecule has 1 unspecified atom stereocenters. The quantitative estimate of drug-likeness (QED) is 0.405. The second-order valence-electron chi connectivity index (χ2n) is 7.26. The lowest BCUT2D eigenvalue weighted by Gasteiger charge is -2.28. The summed E-state index contributed by atoms with van der Waals surface area (Å²) in [6.07, 6.45) is 1.17. The van der Waals surface area contributed by atoms with Gasteiger partial charge in [-0.3, -0.25) is 0 Å². The summed E-state index contributed by atoms with van der Waals surface area (Å²) in [5.74, 6) is 0. The van der Waals surface area contributed by atoms with Gasteiger partial charge in [0.15, 0.2) is 0 Å². The Morgan fingerprint density at radius 3 is 1.23 bits per heavy atom. The molecule has 1 nitrogen and oxygen atoms in total. The van der Waals surface area contributed by atoms with Gasteiger partial charge in [0.1, 0.15) is 23.2 Å². The average molecular weight is 477 g/mol. The van der Waals surface area contributed by atoms with Gasteiger partial charge in [0, 0.05) is 6.42 Å². The van der Waals surface area contributed by atoms with E-state index in [-0.39, 0.29) is 17.0 Å². The molecule has 0 aliphatic carbocycles. The van der Waals surface area contributed by atoms with Crippen LogP contribution in [0.4, 0.5) is 0 Å². The fourth-order valence-corrected chi connectivity index (χ4v) is 8.38. The first-order valence-electron chi connectivity index (χ1n) is 10.1. The summed E-state index contributed by atoms with van der Waals surface area (Å²) < 4.78 is 0. The Bertz CT molecular complexity index is 911. The zero-order valence-electron chi connectivity index (χ0n) is 16.8. The van der Waals surface area contributed by atoms with E-state index >= 15 is 0 Å². The summed E-state index contributed by atoms with van der Waals surface area (Å²) in [4.78, 5) is 0. The molecule has 30 heavy (non-hydrogen) atoms. The molecule has 0 saturated carbocycles. The van der Waals surface area contributed by atoms with Crippen molar-refractivity contribution in [1.82, 2.24) is 0 Å². The molecule has 1 N–H and O–H groups in total. The van der Waals surface area contributed by atoms with E-state index in [1.165, 1.54) is 15.9 Å². The highest BCUT2D eigenvalue weighted by atomic mass is 79.9. The monoisotopic (exact) mass is 476 g/mol. The van der Waals surface area contributed by atoms with E-state index in [0.717, 1.165) is 18.1 Å². The summed E-state index contributed by atoms with van der Waals surface area (Å²) >= 11 is 0. The molecule has 0 bridgehead atoms. The zero-order chi connectivity index (χ0) is 19.9. The number of aliphatic hydroxyl groups is 1. The SMILES string of the molecule is OC(CC[P+](c1ccccc1)(c1ccccc1)c1ccccc1)c1ccccc1.[Br-]. The fourth-order valence-electron chi connectivity index (χ4n) is 4.04. The van der Waals surface area contributed by atoms with Gasteiger partial charge in [-0.1, -0.05) is 84.9 Å². The molecule has 0 heterocycles. The molecule has 3 heteroatoms. The molecule has 0 aliphatic rings. The van der Waals surface area contributed by atoms with Gasteiger partial charge in [-0.25, -0.2) is 0 Å². The summed E-state index contributed by atoms with van der Waals surface area (Å²) in [5, 5.41) is 15.0. The molecule has 4 aromatic carbocycles. The van der Waals surface area contributed by atoms with E-state index in [2.05, 4.69) is 91.0 Å². The second kappa shape index (κ2) is 10.7. The maximum atomic E-state index is 10.9. The van der Waals surface area contributed by atoms with E-state index < -0.39 is 13.4 Å². The Balaban J connectivity index is 0.00000256. The van der Waals surface area contributed by atoms with Crippen molar-refractivity contribution in [3.8, 4) is 0 Å². The summed E-state index contributed by atoms with van der Waals surface area (Å²) in [7, 11) is -1.89. The fraction of sp³-hybridized carbons (Fsp3) is 0.111. The highest BCUT2D eigenvalue weighted by Gasteiger charge is 2.45. The zero-order valence-corrected chi connectivity index (χ0v) is 19.3. The first-order chi connectivity index (χ1) is 14.3. The molecule has 4 aromatic rings. The third-order valence-electron chi connectivity index (χ3n) is 5.51. The predicted octanol–water partition coefficient (Wildman–Crippen LogP) is 2.11. The Labute approximate surface area is 190 Å². The lowest BCUT2D eigenvalue weighted by molar-refractivity contribution is -0.00000735. The molecule has 1 atom stereocenters. The molecule has 4 rings (SSSR count). The van der Waals surface area contributed by atoms with Gasteiger partial charge in [-0.15, -0.1) is 0 Å². The number of halogens is 1. The van der Waals surface area contributed by atoms with E-state index in [1.54, 1.807) is 0 Å². The third-order valence-corrected chi connectivity index (χ3v) is 9.98. The van der Waals surface area contributed by atoms with E-state index in [9.17, 15) is 5.11 Å². The number of hydrogen-bond acceptors (Lipinski definition) is 1. The van der Waals surface area contributed by atoms with Crippen molar-refractivity contribution in [2.45, 2.75) is 12.5 Å². The number of rotatable bonds is 7. The molecule has 0 amide bonds. The molecule has 0 saturated heterocycles. The van der Waals surface area contributed by atoms with Gasteiger partial charge in [0.25, 0.3) is 0 Å². The Kier molecular flexibility index (Phi) is 7.99. The number of aliphatic hydroxyl groups excluding tert-OH is 1. The van der Waals surface area contributed by atoms with Gasteiger partial charge in [-0.05, 0) is 42.0 Å². The molecule has 0 fully saturated rings. The molecular weight excluding hydrogens is 451 g/mol. The maximum Gasteiger partial charge on any atom is 0.112 e. The standard InChI is InChI=1S/C27H26OP.BrH/c28-27(23-13-5-1-6-14-23)21-22-29(24-15-7-2-8-16-24,25-17-9-3-10-18-25)26-19-11-4-12-20-26;/h1-20,27-28H,21-22H2;1H/q+1;/p-1. The molecule has 152 valence electrons. The highest BCUT2D eigenvalue weighted by Crippen LogP contribution is 2.56. The van der Waals surface area contributed by atoms with Gasteiger partial charge >= 0.3 is 0 Å². The lowest BCUT2D eigenvalue weighted by Crippen LogP contribution is -3.00. The van der Waals surface area contributed by atoms with Crippen molar-refractivity contribution in [1.29, 1.82) is 0 Å². The van der Waals surface area contributed by atoms with Crippen LogP contribution in [0.1, 0.15) is 18.1 Å². The van der Waals surface area contributed by atoms with Crippen LogP contribution in [0, 0.1) is 0 Å². The first kappa shape index (κ1) is 22.4. The molecule has 0 aliphatic heterocycles. The number of hydrogen-bond donors (Lipinski definition) is 1. The molecule has 0 spiro atoms. The summed E-state index contributed by atoms with van der Waals surface area (Å²) in [5.41, 5.74) is 0.986. The van der Waals surface area contributed by atoms with Crippen molar-refractivity contribution in [2.75, 3.05) is 6.16 Å². The molecular formula is C27H26BrOP. The van der Waals surface area contributed by atoms with Gasteiger partial charge < -0.3 is 22.1 Å². The van der Waals surface area contributed by atoms with Gasteiger partial charge in [0.05, 0.1) is 12.3 Å². The van der Waals surface area contributed by atoms with Gasteiger partial charge in [-0.2, -0.15) is 0 Å². The van der Waals surface area contributed by atoms with Crippen molar-refractivity contribution in [3.05, 3.63) is 127 Å². The van der Waals surface area contributed by atoms with Crippen LogP contribution >= 0.6 is 7.26 Å². The van der Waals surface area contributed by atoms with Crippen molar-refractivity contribution in [3.63, 3.8) is 0 Å². The minimum absolute atomic E-state index is 0. The van der Waals surface area contributed by atoms with Crippen LogP contribution in [0.3, 0.4) is 0 Å². The van der Waals surface area contributed by atoms with E-state index in [0.29, 0.717) is 0 Å². The van der Waals surface area contributed by atoms with Crippen LogP contribution in [-0.2, 0) is 0 Å². The second-order valence-corrected chi connectivity index (χ2v) is 10.9. The Morgan fingerprint density at radius 1 is 0.533 bits per heavy atom. The van der Waals surface area contributed by atoms with Crippen LogP contribution in [0.5, 0.6) is 0 Å². The van der Waals surface area contributed by atoms with Crippen LogP contribution in [0.2, 0.25) is 0 Å². The smallest absolute Gasteiger partial charge is 0.112 e. The minimum atomic E-state index is -1.89. The average Bonchev–Trinajstić information content (AvgIpc) is 2.82. The normalized spacial score (nSPS) is 12.0. The first-order valence-corrected chi connectivity index (χ1v) is 12.1. The van der Waals surface area contributed by atoms with Crippen LogP contribution in [0.15, 0.2) is 121 Å². The highest BCUT2D eigenvalue weighted by molar-refractivity contribution is 7.95. The summed E-state index contributed by atoms with van der Waals surface area (Å²) in [6.45, 7) is 0. The molecule has 0 aromatic heterocycles. The minimum Gasteiger partial charge on any atom is -1.00 e. The van der Waals surface area contributed by atoms with E-state index in [4.69, 9.17) is 0 Å². The third kappa shape index (κ3) is 4.73. The topological polar surface area (TPSA) is 20.2 Å². The van der Waals surface area contributed by atoms with Crippen LogP contribution in [0.25, 0.3) is 0 Å². The largest absolute Gasteiger partial charge is 1.00 e. The lowest BCUT2D eigenvalue weighted by atomic mass is 10.1. The van der Waals surface area contributed by atoms with Gasteiger partial charge in [0.2, 0.25) is 0 Å². The van der Waals surface area contributed by atoms with Crippen LogP contribution in [-0.4, -0.2) is 11.3 Å². The van der Waals surface area contributed by atoms with E-state index in [1.807, 2.05) is 30.3 Å². The van der Waals surface area contributed by atoms with Crippen molar-refractivity contribution in [2.24, 2.45) is 0 Å². The predicted molar refractivity (Wildman–Crippen MR) is 126 cm³/mol.